The molecular weight excluding hydrogens is 270 g/mol. The largest absolute Gasteiger partial charge is 0.228 e. The lowest BCUT2D eigenvalue weighted by Gasteiger charge is -2.19. The second-order valence-electron chi connectivity index (χ2n) is 5.89. The summed E-state index contributed by atoms with van der Waals surface area (Å²) < 4.78 is 1.62. The van der Waals surface area contributed by atoms with Crippen molar-refractivity contribution < 1.29 is 0 Å². The van der Waals surface area contributed by atoms with Crippen molar-refractivity contribution in [2.24, 2.45) is 0 Å². The molecule has 4 heteroatoms. The van der Waals surface area contributed by atoms with Gasteiger partial charge in [-0.2, -0.15) is 5.10 Å². The summed E-state index contributed by atoms with van der Waals surface area (Å²) in [6.07, 6.45) is 1.70. The van der Waals surface area contributed by atoms with Crippen LogP contribution in [0.5, 0.6) is 0 Å². The van der Waals surface area contributed by atoms with Gasteiger partial charge in [0.15, 0.2) is 5.65 Å². The van der Waals surface area contributed by atoms with Crippen LogP contribution in [0.1, 0.15) is 26.3 Å². The van der Waals surface area contributed by atoms with Crippen LogP contribution in [-0.4, -0.2) is 14.6 Å². The molecule has 0 saturated heterocycles. The monoisotopic (exact) mass is 285 g/mol. The standard InChI is InChI=1S/C16H16ClN3/c1-16(2,3)12-6-4-11(5-7-12)13-10-14(17)20-15(19-13)8-9-18-20/h4-10H,1-3H3. The summed E-state index contributed by atoms with van der Waals surface area (Å²) in [6.45, 7) is 6.61. The molecule has 0 saturated carbocycles. The Labute approximate surface area is 123 Å². The van der Waals surface area contributed by atoms with Gasteiger partial charge in [-0.1, -0.05) is 56.6 Å². The van der Waals surface area contributed by atoms with E-state index in [-0.39, 0.29) is 5.41 Å². The maximum absolute atomic E-state index is 6.22. The van der Waals surface area contributed by atoms with Crippen molar-refractivity contribution in [3.8, 4) is 11.3 Å². The molecule has 1 aromatic carbocycles. The van der Waals surface area contributed by atoms with Crippen molar-refractivity contribution in [3.05, 3.63) is 53.3 Å². The van der Waals surface area contributed by atoms with E-state index in [1.165, 1.54) is 5.56 Å². The van der Waals surface area contributed by atoms with Crippen molar-refractivity contribution in [3.63, 3.8) is 0 Å². The van der Waals surface area contributed by atoms with Gasteiger partial charge in [-0.15, -0.1) is 0 Å². The number of rotatable bonds is 1. The number of aromatic nitrogens is 3. The molecule has 0 atom stereocenters. The van der Waals surface area contributed by atoms with Gasteiger partial charge in [0.25, 0.3) is 0 Å². The van der Waals surface area contributed by atoms with Gasteiger partial charge in [0.2, 0.25) is 0 Å². The third kappa shape index (κ3) is 2.29. The van der Waals surface area contributed by atoms with Crippen LogP contribution in [0.15, 0.2) is 42.6 Å². The number of halogens is 1. The fraction of sp³-hybridized carbons (Fsp3) is 0.250. The molecule has 2 aromatic heterocycles. The Balaban J connectivity index is 2.06. The molecule has 3 nitrogen and oxygen atoms in total. The second kappa shape index (κ2) is 4.60. The van der Waals surface area contributed by atoms with E-state index >= 15 is 0 Å². The lowest BCUT2D eigenvalue weighted by molar-refractivity contribution is 0.590. The average molecular weight is 286 g/mol. The van der Waals surface area contributed by atoms with E-state index in [2.05, 4.69) is 55.1 Å². The van der Waals surface area contributed by atoms with E-state index in [0.717, 1.165) is 16.9 Å². The van der Waals surface area contributed by atoms with Gasteiger partial charge in [-0.25, -0.2) is 9.50 Å². The van der Waals surface area contributed by atoms with E-state index in [9.17, 15) is 0 Å². The fourth-order valence-corrected chi connectivity index (χ4v) is 2.40. The summed E-state index contributed by atoms with van der Waals surface area (Å²) in [5, 5.41) is 4.69. The van der Waals surface area contributed by atoms with Crippen molar-refractivity contribution >= 4 is 17.2 Å². The van der Waals surface area contributed by atoms with Crippen LogP contribution < -0.4 is 0 Å². The summed E-state index contributed by atoms with van der Waals surface area (Å²) in [5.41, 5.74) is 4.14. The smallest absolute Gasteiger partial charge is 0.157 e. The lowest BCUT2D eigenvalue weighted by atomic mass is 9.86. The van der Waals surface area contributed by atoms with Gasteiger partial charge >= 0.3 is 0 Å². The van der Waals surface area contributed by atoms with Crippen LogP contribution in [0.3, 0.4) is 0 Å². The molecule has 2 heterocycles. The number of hydrogen-bond donors (Lipinski definition) is 0. The van der Waals surface area contributed by atoms with E-state index in [4.69, 9.17) is 11.6 Å². The second-order valence-corrected chi connectivity index (χ2v) is 6.28. The molecule has 102 valence electrons. The summed E-state index contributed by atoms with van der Waals surface area (Å²) in [5.74, 6) is 0. The molecule has 3 rings (SSSR count). The number of benzene rings is 1. The molecular formula is C16H16ClN3. The average Bonchev–Trinajstić information content (AvgIpc) is 2.86. The molecule has 20 heavy (non-hydrogen) atoms. The van der Waals surface area contributed by atoms with Crippen LogP contribution in [0.25, 0.3) is 16.9 Å². The first-order valence-corrected chi connectivity index (χ1v) is 6.94. The highest BCUT2D eigenvalue weighted by Crippen LogP contribution is 2.26. The molecule has 0 radical (unpaired) electrons. The fourth-order valence-electron chi connectivity index (χ4n) is 2.16. The Morgan fingerprint density at radius 3 is 2.40 bits per heavy atom. The molecule has 0 bridgehead atoms. The molecule has 3 aromatic rings. The highest BCUT2D eigenvalue weighted by Gasteiger charge is 2.13. The Bertz CT molecular complexity index is 751. The van der Waals surface area contributed by atoms with Gasteiger partial charge < -0.3 is 0 Å². The SMILES string of the molecule is CC(C)(C)c1ccc(-c2cc(Cl)n3nccc3n2)cc1. The first kappa shape index (κ1) is 13.1. The van der Waals surface area contributed by atoms with Crippen molar-refractivity contribution in [1.29, 1.82) is 0 Å². The van der Waals surface area contributed by atoms with Gasteiger partial charge in [0, 0.05) is 17.7 Å². The molecule has 0 fully saturated rings. The molecule has 0 N–H and O–H groups in total. The van der Waals surface area contributed by atoms with E-state index in [1.807, 2.05) is 12.1 Å². The topological polar surface area (TPSA) is 30.2 Å². The van der Waals surface area contributed by atoms with E-state index in [1.54, 1.807) is 10.7 Å². The Morgan fingerprint density at radius 1 is 1.05 bits per heavy atom. The number of hydrogen-bond acceptors (Lipinski definition) is 2. The van der Waals surface area contributed by atoms with Gasteiger partial charge in [0.1, 0.15) is 5.15 Å². The third-order valence-electron chi connectivity index (χ3n) is 3.36. The first-order chi connectivity index (χ1) is 9.45. The third-order valence-corrected chi connectivity index (χ3v) is 3.63. The van der Waals surface area contributed by atoms with Gasteiger partial charge in [0.05, 0.1) is 11.9 Å². The lowest BCUT2D eigenvalue weighted by Crippen LogP contribution is -2.10. The summed E-state index contributed by atoms with van der Waals surface area (Å²) in [4.78, 5) is 4.57. The normalized spacial score (nSPS) is 12.0. The van der Waals surface area contributed by atoms with Crippen molar-refractivity contribution in [1.82, 2.24) is 14.6 Å². The van der Waals surface area contributed by atoms with E-state index in [0.29, 0.717) is 5.15 Å². The maximum atomic E-state index is 6.22. The van der Waals surface area contributed by atoms with Crippen LogP contribution in [-0.2, 0) is 5.41 Å². The summed E-state index contributed by atoms with van der Waals surface area (Å²) in [7, 11) is 0. The highest BCUT2D eigenvalue weighted by molar-refractivity contribution is 6.30. The Morgan fingerprint density at radius 2 is 1.75 bits per heavy atom. The predicted octanol–water partition coefficient (Wildman–Crippen LogP) is 4.35. The van der Waals surface area contributed by atoms with Crippen LogP contribution >= 0.6 is 11.6 Å². The minimum atomic E-state index is 0.152. The van der Waals surface area contributed by atoms with Crippen LogP contribution in [0.4, 0.5) is 0 Å². The Kier molecular flexibility index (Phi) is 3.02. The van der Waals surface area contributed by atoms with Gasteiger partial charge in [-0.05, 0) is 11.0 Å². The predicted molar refractivity (Wildman–Crippen MR) is 82.1 cm³/mol. The maximum Gasteiger partial charge on any atom is 0.157 e. The quantitative estimate of drug-likeness (QED) is 0.622. The zero-order valence-electron chi connectivity index (χ0n) is 11.8. The zero-order valence-corrected chi connectivity index (χ0v) is 12.5. The minimum Gasteiger partial charge on any atom is -0.228 e. The molecule has 0 amide bonds. The molecule has 0 unspecified atom stereocenters. The molecule has 0 aliphatic rings. The minimum absolute atomic E-state index is 0.152. The summed E-state index contributed by atoms with van der Waals surface area (Å²) in [6, 6.07) is 12.2. The van der Waals surface area contributed by atoms with Gasteiger partial charge in [-0.3, -0.25) is 0 Å². The first-order valence-electron chi connectivity index (χ1n) is 6.56. The van der Waals surface area contributed by atoms with Crippen molar-refractivity contribution in [2.45, 2.75) is 26.2 Å². The number of fused-ring (bicyclic) bond motifs is 1. The van der Waals surface area contributed by atoms with E-state index < -0.39 is 0 Å². The zero-order chi connectivity index (χ0) is 14.3. The highest BCUT2D eigenvalue weighted by atomic mass is 35.5. The van der Waals surface area contributed by atoms with Crippen LogP contribution in [0, 0.1) is 0 Å². The molecule has 0 aliphatic carbocycles. The number of nitrogens with zero attached hydrogens (tertiary/aromatic N) is 3. The van der Waals surface area contributed by atoms with Crippen molar-refractivity contribution in [2.75, 3.05) is 0 Å². The summed E-state index contributed by atoms with van der Waals surface area (Å²) >= 11 is 6.22. The van der Waals surface area contributed by atoms with Crippen LogP contribution in [0.2, 0.25) is 5.15 Å². The molecule has 0 spiro atoms. The molecule has 0 aliphatic heterocycles. The Hall–Kier alpha value is -1.87.